The van der Waals surface area contributed by atoms with Crippen LogP contribution in [0.15, 0.2) is 6.07 Å². The van der Waals surface area contributed by atoms with Crippen LogP contribution in [-0.4, -0.2) is 29.3 Å². The SMILES string of the molecule is CNC(=O)CNCc1cc(C)nn1C. The first-order valence-electron chi connectivity index (χ1n) is 4.54. The lowest BCUT2D eigenvalue weighted by molar-refractivity contribution is -0.119. The van der Waals surface area contributed by atoms with E-state index in [0.29, 0.717) is 13.1 Å². The number of hydrogen-bond donors (Lipinski definition) is 2. The summed E-state index contributed by atoms with van der Waals surface area (Å²) in [5.41, 5.74) is 2.07. The molecule has 0 aliphatic rings. The van der Waals surface area contributed by atoms with Crippen LogP contribution in [-0.2, 0) is 18.4 Å². The fourth-order valence-corrected chi connectivity index (χ4v) is 1.22. The van der Waals surface area contributed by atoms with Crippen molar-refractivity contribution in [3.63, 3.8) is 0 Å². The first-order valence-corrected chi connectivity index (χ1v) is 4.54. The molecule has 1 aromatic rings. The maximum absolute atomic E-state index is 10.9. The summed E-state index contributed by atoms with van der Waals surface area (Å²) in [6, 6.07) is 2.00. The van der Waals surface area contributed by atoms with Crippen LogP contribution in [0.3, 0.4) is 0 Å². The molecule has 1 heterocycles. The number of amides is 1. The van der Waals surface area contributed by atoms with Gasteiger partial charge in [-0.1, -0.05) is 0 Å². The topological polar surface area (TPSA) is 59.0 Å². The minimum Gasteiger partial charge on any atom is -0.358 e. The molecular formula is C9H16N4O. The third-order valence-corrected chi connectivity index (χ3v) is 1.97. The Bertz CT molecular complexity index is 319. The van der Waals surface area contributed by atoms with E-state index in [2.05, 4.69) is 15.7 Å². The van der Waals surface area contributed by atoms with Gasteiger partial charge in [-0.15, -0.1) is 0 Å². The van der Waals surface area contributed by atoms with E-state index in [0.717, 1.165) is 11.4 Å². The molecule has 5 heteroatoms. The third kappa shape index (κ3) is 2.85. The lowest BCUT2D eigenvalue weighted by Gasteiger charge is -2.03. The fraction of sp³-hybridized carbons (Fsp3) is 0.556. The Morgan fingerprint density at radius 3 is 2.86 bits per heavy atom. The standard InChI is InChI=1S/C9H16N4O/c1-7-4-8(13(3)12-7)5-11-6-9(14)10-2/h4,11H,5-6H2,1-3H3,(H,10,14). The van der Waals surface area contributed by atoms with Gasteiger partial charge >= 0.3 is 0 Å². The molecule has 0 aliphatic carbocycles. The molecule has 1 amide bonds. The summed E-state index contributed by atoms with van der Waals surface area (Å²) in [5.74, 6) is -0.0103. The molecule has 0 saturated carbocycles. The summed E-state index contributed by atoms with van der Waals surface area (Å²) >= 11 is 0. The van der Waals surface area contributed by atoms with Gasteiger partial charge in [0.15, 0.2) is 0 Å². The molecular weight excluding hydrogens is 180 g/mol. The van der Waals surface area contributed by atoms with Crippen molar-refractivity contribution in [2.24, 2.45) is 7.05 Å². The average molecular weight is 196 g/mol. The van der Waals surface area contributed by atoms with Crippen molar-refractivity contribution in [3.8, 4) is 0 Å². The Hall–Kier alpha value is -1.36. The zero-order valence-corrected chi connectivity index (χ0v) is 8.79. The zero-order valence-electron chi connectivity index (χ0n) is 8.79. The van der Waals surface area contributed by atoms with Crippen molar-refractivity contribution >= 4 is 5.91 Å². The highest BCUT2D eigenvalue weighted by molar-refractivity contribution is 5.77. The molecule has 14 heavy (non-hydrogen) atoms. The summed E-state index contributed by atoms with van der Waals surface area (Å²) in [6.45, 7) is 2.94. The van der Waals surface area contributed by atoms with Gasteiger partial charge in [-0.25, -0.2) is 0 Å². The number of likely N-dealkylation sites (N-methyl/N-ethyl adjacent to an activating group) is 1. The molecule has 0 aromatic carbocycles. The van der Waals surface area contributed by atoms with Gasteiger partial charge in [-0.05, 0) is 13.0 Å². The summed E-state index contributed by atoms with van der Waals surface area (Å²) in [7, 11) is 3.52. The number of nitrogens with zero attached hydrogens (tertiary/aromatic N) is 2. The van der Waals surface area contributed by atoms with Crippen molar-refractivity contribution < 1.29 is 4.79 Å². The van der Waals surface area contributed by atoms with Crippen LogP contribution < -0.4 is 10.6 Å². The number of aryl methyl sites for hydroxylation is 2. The smallest absolute Gasteiger partial charge is 0.233 e. The lowest BCUT2D eigenvalue weighted by Crippen LogP contribution is -2.31. The molecule has 0 fully saturated rings. The van der Waals surface area contributed by atoms with E-state index in [-0.39, 0.29) is 5.91 Å². The third-order valence-electron chi connectivity index (χ3n) is 1.97. The van der Waals surface area contributed by atoms with Crippen LogP contribution in [0.25, 0.3) is 0 Å². The van der Waals surface area contributed by atoms with E-state index in [9.17, 15) is 4.79 Å². The second-order valence-corrected chi connectivity index (χ2v) is 3.18. The van der Waals surface area contributed by atoms with Crippen molar-refractivity contribution in [2.75, 3.05) is 13.6 Å². The van der Waals surface area contributed by atoms with Gasteiger partial charge in [-0.3, -0.25) is 9.48 Å². The molecule has 0 unspecified atom stereocenters. The molecule has 2 N–H and O–H groups in total. The number of carbonyl (C=O) groups is 1. The minimum absolute atomic E-state index is 0.0103. The minimum atomic E-state index is -0.0103. The van der Waals surface area contributed by atoms with Crippen LogP contribution in [0.2, 0.25) is 0 Å². The monoisotopic (exact) mass is 196 g/mol. The summed E-state index contributed by atoms with van der Waals surface area (Å²) < 4.78 is 1.81. The van der Waals surface area contributed by atoms with Crippen LogP contribution >= 0.6 is 0 Å². The quantitative estimate of drug-likeness (QED) is 0.686. The van der Waals surface area contributed by atoms with E-state index in [1.165, 1.54) is 0 Å². The second-order valence-electron chi connectivity index (χ2n) is 3.18. The van der Waals surface area contributed by atoms with Gasteiger partial charge < -0.3 is 10.6 Å². The van der Waals surface area contributed by atoms with E-state index in [4.69, 9.17) is 0 Å². The first kappa shape index (κ1) is 10.7. The van der Waals surface area contributed by atoms with E-state index in [1.807, 2.05) is 24.7 Å². The lowest BCUT2D eigenvalue weighted by atomic mass is 10.3. The highest BCUT2D eigenvalue weighted by Crippen LogP contribution is 2.00. The maximum Gasteiger partial charge on any atom is 0.233 e. The number of aromatic nitrogens is 2. The molecule has 1 aromatic heterocycles. The highest BCUT2D eigenvalue weighted by atomic mass is 16.1. The molecule has 5 nitrogen and oxygen atoms in total. The van der Waals surface area contributed by atoms with E-state index >= 15 is 0 Å². The van der Waals surface area contributed by atoms with Crippen LogP contribution in [0.1, 0.15) is 11.4 Å². The first-order chi connectivity index (χ1) is 6.63. The Labute approximate surface area is 83.5 Å². The van der Waals surface area contributed by atoms with Gasteiger partial charge in [0.05, 0.1) is 17.9 Å². The number of rotatable bonds is 4. The van der Waals surface area contributed by atoms with Gasteiger partial charge in [0.2, 0.25) is 5.91 Å². The van der Waals surface area contributed by atoms with E-state index < -0.39 is 0 Å². The van der Waals surface area contributed by atoms with Crippen molar-refractivity contribution in [3.05, 3.63) is 17.5 Å². The van der Waals surface area contributed by atoms with Gasteiger partial charge in [0, 0.05) is 20.6 Å². The van der Waals surface area contributed by atoms with Gasteiger partial charge in [0.25, 0.3) is 0 Å². The fourth-order valence-electron chi connectivity index (χ4n) is 1.22. The Morgan fingerprint density at radius 1 is 1.64 bits per heavy atom. The molecule has 1 rings (SSSR count). The number of hydrogen-bond acceptors (Lipinski definition) is 3. The Morgan fingerprint density at radius 2 is 2.36 bits per heavy atom. The van der Waals surface area contributed by atoms with E-state index in [1.54, 1.807) is 7.05 Å². The molecule has 0 atom stereocenters. The van der Waals surface area contributed by atoms with Crippen molar-refractivity contribution in [1.82, 2.24) is 20.4 Å². The molecule has 0 spiro atoms. The van der Waals surface area contributed by atoms with Crippen LogP contribution in [0.4, 0.5) is 0 Å². The summed E-state index contributed by atoms with van der Waals surface area (Å²) in [6.07, 6.45) is 0. The largest absolute Gasteiger partial charge is 0.358 e. The molecule has 0 saturated heterocycles. The molecule has 0 radical (unpaired) electrons. The normalized spacial score (nSPS) is 10.2. The second kappa shape index (κ2) is 4.76. The molecule has 0 bridgehead atoms. The van der Waals surface area contributed by atoms with Gasteiger partial charge in [0.1, 0.15) is 0 Å². The Balaban J connectivity index is 2.38. The van der Waals surface area contributed by atoms with Gasteiger partial charge in [-0.2, -0.15) is 5.10 Å². The molecule has 0 aliphatic heterocycles. The highest BCUT2D eigenvalue weighted by Gasteiger charge is 2.02. The molecule has 78 valence electrons. The van der Waals surface area contributed by atoms with Crippen LogP contribution in [0, 0.1) is 6.92 Å². The average Bonchev–Trinajstić information content (AvgIpc) is 2.45. The Kier molecular flexibility index (Phi) is 3.64. The van der Waals surface area contributed by atoms with Crippen LogP contribution in [0.5, 0.6) is 0 Å². The zero-order chi connectivity index (χ0) is 10.6. The number of carbonyl (C=O) groups excluding carboxylic acids is 1. The predicted octanol–water partition coefficient (Wildman–Crippen LogP) is -0.436. The summed E-state index contributed by atoms with van der Waals surface area (Å²) in [4.78, 5) is 10.9. The number of nitrogens with one attached hydrogen (secondary N) is 2. The van der Waals surface area contributed by atoms with Crippen molar-refractivity contribution in [1.29, 1.82) is 0 Å². The predicted molar refractivity (Wildman–Crippen MR) is 53.7 cm³/mol. The van der Waals surface area contributed by atoms with Crippen molar-refractivity contribution in [2.45, 2.75) is 13.5 Å². The summed E-state index contributed by atoms with van der Waals surface area (Å²) in [5, 5.41) is 9.79. The maximum atomic E-state index is 10.9.